The zero-order chi connectivity index (χ0) is 14.5. The monoisotopic (exact) mass is 289 g/mol. The average Bonchev–Trinajstić information content (AvgIpc) is 2.45. The van der Waals surface area contributed by atoms with Crippen molar-refractivity contribution in [2.75, 3.05) is 0 Å². The highest BCUT2D eigenvalue weighted by Gasteiger charge is 2.07. The van der Waals surface area contributed by atoms with E-state index in [-0.39, 0.29) is 11.5 Å². The Morgan fingerprint density at radius 1 is 1.05 bits per heavy atom. The molecule has 20 heavy (non-hydrogen) atoms. The first-order valence-corrected chi connectivity index (χ1v) is 6.30. The summed E-state index contributed by atoms with van der Waals surface area (Å²) >= 11 is 5.86. The molecule has 2 aromatic carbocycles. The van der Waals surface area contributed by atoms with Crippen LogP contribution in [0, 0.1) is 0 Å². The molecule has 0 saturated heterocycles. The fourth-order valence-corrected chi connectivity index (χ4v) is 1.91. The van der Waals surface area contributed by atoms with Crippen molar-refractivity contribution >= 4 is 23.5 Å². The summed E-state index contributed by atoms with van der Waals surface area (Å²) < 4.78 is 0. The quantitative estimate of drug-likeness (QED) is 0.909. The van der Waals surface area contributed by atoms with E-state index < -0.39 is 5.97 Å². The summed E-state index contributed by atoms with van der Waals surface area (Å²) in [6, 6.07) is 13.0. The standard InChI is InChI=1S/C15H12ClNO3/c16-13-3-1-2-10(8-13)9-17-14(18)11-4-6-12(7-5-11)15(19)20/h1-8H,9H2,(H,17,18)(H,19,20). The average molecular weight is 290 g/mol. The molecule has 102 valence electrons. The summed E-state index contributed by atoms with van der Waals surface area (Å²) in [5, 5.41) is 12.1. The normalized spacial score (nSPS) is 10.1. The second-order valence-corrected chi connectivity index (χ2v) is 4.63. The molecule has 0 aromatic heterocycles. The number of nitrogens with one attached hydrogen (secondary N) is 1. The third-order valence-corrected chi connectivity index (χ3v) is 2.97. The van der Waals surface area contributed by atoms with Gasteiger partial charge in [-0.05, 0) is 42.0 Å². The number of carboxylic acid groups (broad SMARTS) is 1. The number of carbonyl (C=O) groups excluding carboxylic acids is 1. The Morgan fingerprint density at radius 3 is 2.30 bits per heavy atom. The zero-order valence-electron chi connectivity index (χ0n) is 10.5. The molecule has 0 radical (unpaired) electrons. The van der Waals surface area contributed by atoms with Crippen LogP contribution in [0.5, 0.6) is 0 Å². The molecule has 2 rings (SSSR count). The lowest BCUT2D eigenvalue weighted by molar-refractivity contribution is 0.0696. The lowest BCUT2D eigenvalue weighted by atomic mass is 10.1. The second-order valence-electron chi connectivity index (χ2n) is 4.20. The maximum Gasteiger partial charge on any atom is 0.335 e. The van der Waals surface area contributed by atoms with Gasteiger partial charge in [-0.15, -0.1) is 0 Å². The number of hydrogen-bond acceptors (Lipinski definition) is 2. The van der Waals surface area contributed by atoms with Gasteiger partial charge in [-0.2, -0.15) is 0 Å². The van der Waals surface area contributed by atoms with Gasteiger partial charge in [0.1, 0.15) is 0 Å². The van der Waals surface area contributed by atoms with Crippen molar-refractivity contribution in [1.29, 1.82) is 0 Å². The summed E-state index contributed by atoms with van der Waals surface area (Å²) in [5.74, 6) is -1.28. The minimum Gasteiger partial charge on any atom is -0.478 e. The van der Waals surface area contributed by atoms with Crippen LogP contribution in [-0.4, -0.2) is 17.0 Å². The first-order valence-electron chi connectivity index (χ1n) is 5.92. The van der Waals surface area contributed by atoms with Crippen molar-refractivity contribution < 1.29 is 14.7 Å². The lowest BCUT2D eigenvalue weighted by Crippen LogP contribution is -2.22. The Bertz CT molecular complexity index is 638. The van der Waals surface area contributed by atoms with E-state index in [0.29, 0.717) is 17.1 Å². The molecule has 0 aliphatic rings. The van der Waals surface area contributed by atoms with Crippen molar-refractivity contribution in [3.63, 3.8) is 0 Å². The van der Waals surface area contributed by atoms with Crippen LogP contribution in [0.4, 0.5) is 0 Å². The molecule has 0 fully saturated rings. The molecule has 0 atom stereocenters. The van der Waals surface area contributed by atoms with Crippen molar-refractivity contribution in [2.45, 2.75) is 6.54 Å². The molecule has 0 unspecified atom stereocenters. The maximum atomic E-state index is 11.9. The van der Waals surface area contributed by atoms with Crippen LogP contribution in [-0.2, 0) is 6.54 Å². The number of halogens is 1. The number of aromatic carboxylic acids is 1. The number of carbonyl (C=O) groups is 2. The van der Waals surface area contributed by atoms with Gasteiger partial charge in [0.25, 0.3) is 5.91 Å². The summed E-state index contributed by atoms with van der Waals surface area (Å²) in [5.41, 5.74) is 1.46. The highest BCUT2D eigenvalue weighted by Crippen LogP contribution is 2.11. The van der Waals surface area contributed by atoms with Crippen molar-refractivity contribution in [3.05, 3.63) is 70.2 Å². The number of rotatable bonds is 4. The van der Waals surface area contributed by atoms with E-state index in [9.17, 15) is 9.59 Å². The van der Waals surface area contributed by atoms with E-state index >= 15 is 0 Å². The molecule has 2 N–H and O–H groups in total. The van der Waals surface area contributed by atoms with Gasteiger partial charge in [-0.1, -0.05) is 23.7 Å². The third-order valence-electron chi connectivity index (χ3n) is 2.74. The molecule has 0 spiro atoms. The number of hydrogen-bond donors (Lipinski definition) is 2. The lowest BCUT2D eigenvalue weighted by Gasteiger charge is -2.06. The number of carboxylic acids is 1. The minimum absolute atomic E-state index is 0.149. The molecule has 5 heteroatoms. The van der Waals surface area contributed by atoms with E-state index in [1.807, 2.05) is 12.1 Å². The van der Waals surface area contributed by atoms with Crippen LogP contribution in [0.15, 0.2) is 48.5 Å². The fourth-order valence-electron chi connectivity index (χ4n) is 1.70. The van der Waals surface area contributed by atoms with Gasteiger partial charge >= 0.3 is 5.97 Å². The van der Waals surface area contributed by atoms with Crippen LogP contribution in [0.25, 0.3) is 0 Å². The van der Waals surface area contributed by atoms with E-state index in [4.69, 9.17) is 16.7 Å². The van der Waals surface area contributed by atoms with Crippen LogP contribution in [0.2, 0.25) is 5.02 Å². The van der Waals surface area contributed by atoms with Gasteiger partial charge in [-0.25, -0.2) is 4.79 Å². The van der Waals surface area contributed by atoms with Gasteiger partial charge in [0, 0.05) is 17.1 Å². The Morgan fingerprint density at radius 2 is 1.70 bits per heavy atom. The zero-order valence-corrected chi connectivity index (χ0v) is 11.2. The molecular weight excluding hydrogens is 278 g/mol. The number of amides is 1. The highest BCUT2D eigenvalue weighted by molar-refractivity contribution is 6.30. The smallest absolute Gasteiger partial charge is 0.335 e. The van der Waals surface area contributed by atoms with E-state index in [2.05, 4.69) is 5.32 Å². The summed E-state index contributed by atoms with van der Waals surface area (Å²) in [6.45, 7) is 0.361. The summed E-state index contributed by atoms with van der Waals surface area (Å²) in [6.07, 6.45) is 0. The fraction of sp³-hybridized carbons (Fsp3) is 0.0667. The molecule has 0 aliphatic heterocycles. The molecular formula is C15H12ClNO3. The van der Waals surface area contributed by atoms with E-state index in [1.54, 1.807) is 12.1 Å². The molecule has 0 heterocycles. The second kappa shape index (κ2) is 6.21. The van der Waals surface area contributed by atoms with Gasteiger partial charge < -0.3 is 10.4 Å². The summed E-state index contributed by atoms with van der Waals surface area (Å²) in [4.78, 5) is 22.6. The molecule has 0 saturated carbocycles. The predicted molar refractivity (Wildman–Crippen MR) is 76.0 cm³/mol. The Balaban J connectivity index is 1.99. The van der Waals surface area contributed by atoms with Crippen LogP contribution >= 0.6 is 11.6 Å². The van der Waals surface area contributed by atoms with E-state index in [0.717, 1.165) is 5.56 Å². The highest BCUT2D eigenvalue weighted by atomic mass is 35.5. The van der Waals surface area contributed by atoms with Crippen LogP contribution in [0.3, 0.4) is 0 Å². The van der Waals surface area contributed by atoms with Gasteiger partial charge in [0.05, 0.1) is 5.56 Å². The Kier molecular flexibility index (Phi) is 4.38. The molecule has 0 aliphatic carbocycles. The van der Waals surface area contributed by atoms with Crippen molar-refractivity contribution in [3.8, 4) is 0 Å². The molecule has 2 aromatic rings. The summed E-state index contributed by atoms with van der Waals surface area (Å²) in [7, 11) is 0. The van der Waals surface area contributed by atoms with Crippen molar-refractivity contribution in [1.82, 2.24) is 5.32 Å². The SMILES string of the molecule is O=C(O)c1ccc(C(=O)NCc2cccc(Cl)c2)cc1. The first-order chi connectivity index (χ1) is 9.56. The van der Waals surface area contributed by atoms with Gasteiger partial charge in [0.15, 0.2) is 0 Å². The Labute approximate surface area is 121 Å². The van der Waals surface area contributed by atoms with Gasteiger partial charge in [0.2, 0.25) is 0 Å². The topological polar surface area (TPSA) is 66.4 Å². The van der Waals surface area contributed by atoms with Crippen LogP contribution < -0.4 is 5.32 Å². The molecule has 1 amide bonds. The van der Waals surface area contributed by atoms with Gasteiger partial charge in [-0.3, -0.25) is 4.79 Å². The van der Waals surface area contributed by atoms with Crippen LogP contribution in [0.1, 0.15) is 26.3 Å². The predicted octanol–water partition coefficient (Wildman–Crippen LogP) is 2.97. The molecule has 4 nitrogen and oxygen atoms in total. The number of benzene rings is 2. The van der Waals surface area contributed by atoms with Crippen molar-refractivity contribution in [2.24, 2.45) is 0 Å². The van der Waals surface area contributed by atoms with E-state index in [1.165, 1.54) is 24.3 Å². The first kappa shape index (κ1) is 14.1. The largest absolute Gasteiger partial charge is 0.478 e. The minimum atomic E-state index is -1.02. The Hall–Kier alpha value is -2.33. The molecule has 0 bridgehead atoms. The maximum absolute atomic E-state index is 11.9. The third kappa shape index (κ3) is 3.59.